The van der Waals surface area contributed by atoms with Gasteiger partial charge in [-0.3, -0.25) is 4.79 Å². The molecule has 3 aliphatic heterocycles. The Morgan fingerprint density at radius 2 is 2.14 bits per heavy atom. The zero-order chi connectivity index (χ0) is 15.5. The molecule has 22 heavy (non-hydrogen) atoms. The van der Waals surface area contributed by atoms with Gasteiger partial charge in [0.1, 0.15) is 23.9 Å². The van der Waals surface area contributed by atoms with Crippen molar-refractivity contribution in [1.29, 1.82) is 0 Å². The number of fused-ring (bicyclic) bond motifs is 3. The van der Waals surface area contributed by atoms with Gasteiger partial charge in [-0.2, -0.15) is 0 Å². The van der Waals surface area contributed by atoms with E-state index in [-0.39, 0.29) is 19.1 Å². The molecule has 2 fully saturated rings. The molecule has 7 nitrogen and oxygen atoms in total. The minimum Gasteiger partial charge on any atom is -0.388 e. The minimum absolute atomic E-state index is 0.0443. The highest BCUT2D eigenvalue weighted by Crippen LogP contribution is 2.40. The van der Waals surface area contributed by atoms with Gasteiger partial charge in [0.15, 0.2) is 6.29 Å². The van der Waals surface area contributed by atoms with Crippen LogP contribution in [0.4, 0.5) is 0 Å². The maximum Gasteiger partial charge on any atom is 0.255 e. The lowest BCUT2D eigenvalue weighted by molar-refractivity contribution is -0.236. The molecular formula is C15H18N2O5. The molecule has 7 heteroatoms. The predicted octanol–water partition coefficient (Wildman–Crippen LogP) is -1.18. The number of carbonyl (C=O) groups is 1. The van der Waals surface area contributed by atoms with Crippen molar-refractivity contribution in [3.8, 4) is 0 Å². The minimum atomic E-state index is -1.20. The number of nitrogens with zero attached hydrogens (tertiary/aromatic N) is 1. The lowest BCUT2D eigenvalue weighted by Crippen LogP contribution is -2.67. The Morgan fingerprint density at radius 1 is 1.36 bits per heavy atom. The summed E-state index contributed by atoms with van der Waals surface area (Å²) in [6.45, 7) is 0.517. The lowest BCUT2D eigenvalue weighted by Gasteiger charge is -2.45. The van der Waals surface area contributed by atoms with Crippen LogP contribution >= 0.6 is 0 Å². The number of rotatable bonds is 2. The molecule has 118 valence electrons. The number of hydrogen-bond donors (Lipinski definition) is 3. The Hall–Kier alpha value is -1.51. The summed E-state index contributed by atoms with van der Waals surface area (Å²) in [7, 11) is 0. The summed E-state index contributed by atoms with van der Waals surface area (Å²) in [6.07, 6.45) is -3.14. The summed E-state index contributed by atoms with van der Waals surface area (Å²) in [4.78, 5) is 14.1. The molecule has 0 aromatic heterocycles. The van der Waals surface area contributed by atoms with E-state index in [9.17, 15) is 15.0 Å². The van der Waals surface area contributed by atoms with Crippen molar-refractivity contribution in [2.75, 3.05) is 13.2 Å². The van der Waals surface area contributed by atoms with Gasteiger partial charge in [-0.15, -0.1) is 0 Å². The molecule has 0 radical (unpaired) electrons. The third kappa shape index (κ3) is 1.71. The fourth-order valence-corrected chi connectivity index (χ4v) is 3.58. The quantitative estimate of drug-likeness (QED) is 0.635. The number of carbonyl (C=O) groups excluding carboxylic acids is 1. The smallest absolute Gasteiger partial charge is 0.255 e. The molecule has 3 aliphatic rings. The zero-order valence-corrected chi connectivity index (χ0v) is 11.9. The van der Waals surface area contributed by atoms with Crippen LogP contribution in [0.5, 0.6) is 0 Å². The zero-order valence-electron chi connectivity index (χ0n) is 11.9. The van der Waals surface area contributed by atoms with Crippen LogP contribution < -0.4 is 5.73 Å². The van der Waals surface area contributed by atoms with E-state index in [1.807, 2.05) is 12.1 Å². The maximum atomic E-state index is 12.6. The third-order valence-corrected chi connectivity index (χ3v) is 4.89. The van der Waals surface area contributed by atoms with E-state index in [2.05, 4.69) is 0 Å². The van der Waals surface area contributed by atoms with Crippen LogP contribution in [-0.4, -0.2) is 64.3 Å². The van der Waals surface area contributed by atoms with E-state index in [4.69, 9.17) is 15.2 Å². The summed E-state index contributed by atoms with van der Waals surface area (Å²) in [5, 5.41) is 20.9. The molecule has 0 aliphatic carbocycles. The van der Waals surface area contributed by atoms with Crippen molar-refractivity contribution in [2.45, 2.75) is 36.7 Å². The Bertz CT molecular complexity index is 624. The van der Waals surface area contributed by atoms with Crippen LogP contribution in [0.25, 0.3) is 0 Å². The highest BCUT2D eigenvalue weighted by atomic mass is 16.7. The lowest BCUT2D eigenvalue weighted by atomic mass is 9.87. The van der Waals surface area contributed by atoms with Gasteiger partial charge in [0, 0.05) is 18.7 Å². The van der Waals surface area contributed by atoms with Crippen LogP contribution in [0.15, 0.2) is 24.3 Å². The van der Waals surface area contributed by atoms with Gasteiger partial charge in [0.05, 0.1) is 6.61 Å². The van der Waals surface area contributed by atoms with Crippen LogP contribution in [0, 0.1) is 0 Å². The average molecular weight is 306 g/mol. The SMILES string of the molecule is NC[C@@]12COC(O1)[C@H](N1Cc3ccccc3C1=O)C(O)[C@H]2O. The fourth-order valence-electron chi connectivity index (χ4n) is 3.58. The molecule has 1 aromatic rings. The maximum absolute atomic E-state index is 12.6. The monoisotopic (exact) mass is 306 g/mol. The molecule has 3 heterocycles. The van der Waals surface area contributed by atoms with E-state index in [1.54, 1.807) is 12.1 Å². The first-order valence-corrected chi connectivity index (χ1v) is 7.32. The van der Waals surface area contributed by atoms with Crippen molar-refractivity contribution in [2.24, 2.45) is 5.73 Å². The first-order chi connectivity index (χ1) is 10.6. The molecule has 1 aromatic carbocycles. The number of aliphatic hydroxyl groups is 2. The highest BCUT2D eigenvalue weighted by molar-refractivity contribution is 5.98. The van der Waals surface area contributed by atoms with E-state index >= 15 is 0 Å². The molecule has 0 spiro atoms. The van der Waals surface area contributed by atoms with Gasteiger partial charge in [0.25, 0.3) is 5.91 Å². The first-order valence-electron chi connectivity index (χ1n) is 7.32. The van der Waals surface area contributed by atoms with E-state index < -0.39 is 30.1 Å². The molecule has 5 atom stereocenters. The Labute approximate surface area is 127 Å². The molecule has 4 N–H and O–H groups in total. The van der Waals surface area contributed by atoms with Crippen LogP contribution in [-0.2, 0) is 16.0 Å². The van der Waals surface area contributed by atoms with Crippen molar-refractivity contribution in [1.82, 2.24) is 4.90 Å². The van der Waals surface area contributed by atoms with E-state index in [1.165, 1.54) is 4.90 Å². The average Bonchev–Trinajstić information content (AvgIpc) is 3.08. The van der Waals surface area contributed by atoms with Gasteiger partial charge in [-0.05, 0) is 11.6 Å². The molecule has 2 saturated heterocycles. The van der Waals surface area contributed by atoms with Crippen LogP contribution in [0.1, 0.15) is 15.9 Å². The largest absolute Gasteiger partial charge is 0.388 e. The predicted molar refractivity (Wildman–Crippen MR) is 74.7 cm³/mol. The Morgan fingerprint density at radius 3 is 2.86 bits per heavy atom. The summed E-state index contributed by atoms with van der Waals surface area (Å²) < 4.78 is 11.3. The Balaban J connectivity index is 1.66. The van der Waals surface area contributed by atoms with E-state index in [0.717, 1.165) is 5.56 Å². The van der Waals surface area contributed by atoms with Gasteiger partial charge in [-0.25, -0.2) is 0 Å². The van der Waals surface area contributed by atoms with Gasteiger partial charge >= 0.3 is 0 Å². The van der Waals surface area contributed by atoms with Crippen molar-refractivity contribution in [3.05, 3.63) is 35.4 Å². The molecule has 2 unspecified atom stereocenters. The highest BCUT2D eigenvalue weighted by Gasteiger charge is 2.60. The third-order valence-electron chi connectivity index (χ3n) is 4.89. The summed E-state index contributed by atoms with van der Waals surface area (Å²) in [6, 6.07) is 6.54. The number of benzene rings is 1. The van der Waals surface area contributed by atoms with Gasteiger partial charge in [0.2, 0.25) is 0 Å². The van der Waals surface area contributed by atoms with Gasteiger partial charge in [-0.1, -0.05) is 18.2 Å². The second-order valence-electron chi connectivity index (χ2n) is 6.08. The number of aliphatic hydroxyl groups excluding tert-OH is 2. The normalized spacial score (nSPS) is 40.1. The standard InChI is InChI=1S/C15H18N2O5/c16-6-15-7-21-14(22-15)10(11(18)12(15)19)17-5-8-3-1-2-4-9(8)13(17)20/h1-4,10-12,14,18-19H,5-7,16H2/t10-,11?,12-,14?,15+/m1/s1. The fraction of sp³-hybridized carbons (Fsp3) is 0.533. The summed E-state index contributed by atoms with van der Waals surface area (Å²) in [5.41, 5.74) is 6.08. The topological polar surface area (TPSA) is 105 Å². The summed E-state index contributed by atoms with van der Waals surface area (Å²) in [5.74, 6) is -0.189. The second-order valence-corrected chi connectivity index (χ2v) is 6.08. The van der Waals surface area contributed by atoms with Crippen molar-refractivity contribution in [3.63, 3.8) is 0 Å². The molecule has 0 saturated carbocycles. The summed E-state index contributed by atoms with van der Waals surface area (Å²) >= 11 is 0. The van der Waals surface area contributed by atoms with Crippen LogP contribution in [0.2, 0.25) is 0 Å². The van der Waals surface area contributed by atoms with Crippen molar-refractivity contribution >= 4 is 5.91 Å². The van der Waals surface area contributed by atoms with Gasteiger partial charge < -0.3 is 30.3 Å². The number of hydrogen-bond acceptors (Lipinski definition) is 6. The number of ether oxygens (including phenoxy) is 2. The van der Waals surface area contributed by atoms with Crippen LogP contribution in [0.3, 0.4) is 0 Å². The molecule has 4 rings (SSSR count). The molecular weight excluding hydrogens is 288 g/mol. The number of nitrogens with two attached hydrogens (primary N) is 1. The Kier molecular flexibility index (Phi) is 3.04. The molecule has 2 bridgehead atoms. The van der Waals surface area contributed by atoms with E-state index in [0.29, 0.717) is 12.1 Å². The van der Waals surface area contributed by atoms with Crippen molar-refractivity contribution < 1.29 is 24.5 Å². The molecule has 1 amide bonds. The number of amides is 1. The first kappa shape index (κ1) is 14.1. The second kappa shape index (κ2) is 4.74.